The maximum absolute atomic E-state index is 11.7. The number of rotatable bonds is 5. The molecule has 0 aromatic heterocycles. The van der Waals surface area contributed by atoms with Crippen molar-refractivity contribution in [2.75, 3.05) is 19.6 Å². The molecule has 98 valence electrons. The summed E-state index contributed by atoms with van der Waals surface area (Å²) in [6.07, 6.45) is 2.91. The predicted octanol–water partition coefficient (Wildman–Crippen LogP) is 2.47. The summed E-state index contributed by atoms with van der Waals surface area (Å²) in [6.45, 7) is 3.55. The number of halogens is 1. The second kappa shape index (κ2) is 6.32. The van der Waals surface area contributed by atoms with Crippen LogP contribution < -0.4 is 5.73 Å². The molecule has 18 heavy (non-hydrogen) atoms. The van der Waals surface area contributed by atoms with Gasteiger partial charge in [-0.15, -0.1) is 0 Å². The normalized spacial score (nSPS) is 16.1. The molecule has 1 saturated heterocycles. The highest BCUT2D eigenvalue weighted by molar-refractivity contribution is 6.31. The minimum Gasteiger partial charge on any atom is -0.330 e. The Bertz CT molecular complexity index is 428. The SMILES string of the molecule is NCCC(=O)c1ccc(CN2CCCC2)c(Cl)c1. The average molecular weight is 267 g/mol. The highest BCUT2D eigenvalue weighted by Crippen LogP contribution is 2.22. The smallest absolute Gasteiger partial charge is 0.164 e. The zero-order chi connectivity index (χ0) is 13.0. The van der Waals surface area contributed by atoms with Gasteiger partial charge in [0, 0.05) is 23.6 Å². The lowest BCUT2D eigenvalue weighted by atomic mass is 10.1. The molecule has 1 aliphatic heterocycles. The quantitative estimate of drug-likeness (QED) is 0.833. The van der Waals surface area contributed by atoms with E-state index in [1.165, 1.54) is 12.8 Å². The lowest BCUT2D eigenvalue weighted by molar-refractivity contribution is 0.0985. The van der Waals surface area contributed by atoms with Crippen LogP contribution in [0.4, 0.5) is 0 Å². The highest BCUT2D eigenvalue weighted by Gasteiger charge is 2.14. The summed E-state index contributed by atoms with van der Waals surface area (Å²) in [5.74, 6) is 0.0622. The van der Waals surface area contributed by atoms with Gasteiger partial charge in [0.1, 0.15) is 0 Å². The van der Waals surface area contributed by atoms with Crippen molar-refractivity contribution in [1.82, 2.24) is 4.90 Å². The molecule has 0 unspecified atom stereocenters. The molecular weight excluding hydrogens is 248 g/mol. The largest absolute Gasteiger partial charge is 0.330 e. The van der Waals surface area contributed by atoms with Crippen LogP contribution in [0.15, 0.2) is 18.2 Å². The summed E-state index contributed by atoms with van der Waals surface area (Å²) in [4.78, 5) is 14.1. The van der Waals surface area contributed by atoms with Gasteiger partial charge in [-0.2, -0.15) is 0 Å². The molecule has 1 fully saturated rings. The number of nitrogens with zero attached hydrogens (tertiary/aromatic N) is 1. The van der Waals surface area contributed by atoms with E-state index >= 15 is 0 Å². The van der Waals surface area contributed by atoms with Gasteiger partial charge in [0.25, 0.3) is 0 Å². The van der Waals surface area contributed by atoms with Crippen LogP contribution in [-0.4, -0.2) is 30.3 Å². The first-order valence-electron chi connectivity index (χ1n) is 6.45. The van der Waals surface area contributed by atoms with E-state index in [0.29, 0.717) is 23.6 Å². The molecule has 0 amide bonds. The zero-order valence-electron chi connectivity index (χ0n) is 10.5. The number of nitrogens with two attached hydrogens (primary N) is 1. The lowest BCUT2D eigenvalue weighted by Crippen LogP contribution is -2.18. The molecular formula is C14H19ClN2O. The van der Waals surface area contributed by atoms with Crippen molar-refractivity contribution < 1.29 is 4.79 Å². The number of hydrogen-bond acceptors (Lipinski definition) is 3. The number of benzene rings is 1. The highest BCUT2D eigenvalue weighted by atomic mass is 35.5. The standard InChI is InChI=1S/C14H19ClN2O/c15-13-9-11(14(18)5-6-16)3-4-12(13)10-17-7-1-2-8-17/h3-4,9H,1-2,5-8,10,16H2. The summed E-state index contributed by atoms with van der Waals surface area (Å²) in [6, 6.07) is 5.59. The van der Waals surface area contributed by atoms with Gasteiger partial charge in [-0.25, -0.2) is 0 Å². The van der Waals surface area contributed by atoms with Crippen molar-refractivity contribution in [2.24, 2.45) is 5.73 Å². The monoisotopic (exact) mass is 266 g/mol. The number of ketones is 1. The first kappa shape index (κ1) is 13.5. The van der Waals surface area contributed by atoms with Gasteiger partial charge in [0.15, 0.2) is 5.78 Å². The molecule has 0 bridgehead atoms. The number of Topliss-reactive ketones (excluding diaryl/α,β-unsaturated/α-hetero) is 1. The minimum atomic E-state index is 0.0622. The fraction of sp³-hybridized carbons (Fsp3) is 0.500. The summed E-state index contributed by atoms with van der Waals surface area (Å²) < 4.78 is 0. The zero-order valence-corrected chi connectivity index (χ0v) is 11.2. The van der Waals surface area contributed by atoms with Crippen LogP contribution in [0.1, 0.15) is 35.2 Å². The summed E-state index contributed by atoms with van der Waals surface area (Å²) in [5, 5.41) is 0.685. The first-order chi connectivity index (χ1) is 8.70. The molecule has 2 N–H and O–H groups in total. The maximum Gasteiger partial charge on any atom is 0.164 e. The average Bonchev–Trinajstić information content (AvgIpc) is 2.85. The molecule has 0 radical (unpaired) electrons. The van der Waals surface area contributed by atoms with E-state index in [4.69, 9.17) is 17.3 Å². The molecule has 3 nitrogen and oxygen atoms in total. The fourth-order valence-corrected chi connectivity index (χ4v) is 2.55. The molecule has 1 heterocycles. The Morgan fingerprint density at radius 1 is 1.33 bits per heavy atom. The maximum atomic E-state index is 11.7. The molecule has 0 spiro atoms. The fourth-order valence-electron chi connectivity index (χ4n) is 2.31. The van der Waals surface area contributed by atoms with E-state index in [1.54, 1.807) is 6.07 Å². The van der Waals surface area contributed by atoms with Gasteiger partial charge >= 0.3 is 0 Å². The van der Waals surface area contributed by atoms with E-state index in [2.05, 4.69) is 4.90 Å². The Labute approximate surface area is 113 Å². The summed E-state index contributed by atoms with van der Waals surface area (Å²) >= 11 is 6.24. The van der Waals surface area contributed by atoms with E-state index < -0.39 is 0 Å². The van der Waals surface area contributed by atoms with Crippen LogP contribution in [0.3, 0.4) is 0 Å². The number of hydrogen-bond donors (Lipinski definition) is 1. The van der Waals surface area contributed by atoms with Gasteiger partial charge in [0.05, 0.1) is 0 Å². The Morgan fingerprint density at radius 2 is 2.06 bits per heavy atom. The van der Waals surface area contributed by atoms with Crippen molar-refractivity contribution in [2.45, 2.75) is 25.8 Å². The summed E-state index contributed by atoms with van der Waals surface area (Å²) in [5.41, 5.74) is 7.15. The molecule has 1 aromatic rings. The van der Waals surface area contributed by atoms with Crippen molar-refractivity contribution in [1.29, 1.82) is 0 Å². The minimum absolute atomic E-state index is 0.0622. The lowest BCUT2D eigenvalue weighted by Gasteiger charge is -2.15. The molecule has 1 aliphatic rings. The summed E-state index contributed by atoms with van der Waals surface area (Å²) in [7, 11) is 0. The van der Waals surface area contributed by atoms with E-state index in [1.807, 2.05) is 12.1 Å². The van der Waals surface area contributed by atoms with Crippen molar-refractivity contribution in [3.63, 3.8) is 0 Å². The van der Waals surface area contributed by atoms with E-state index in [-0.39, 0.29) is 5.78 Å². The van der Waals surface area contributed by atoms with Gasteiger partial charge in [-0.05, 0) is 44.1 Å². The first-order valence-corrected chi connectivity index (χ1v) is 6.82. The van der Waals surface area contributed by atoms with Crippen LogP contribution in [-0.2, 0) is 6.54 Å². The topological polar surface area (TPSA) is 46.3 Å². The van der Waals surface area contributed by atoms with Crippen LogP contribution in [0, 0.1) is 0 Å². The van der Waals surface area contributed by atoms with E-state index in [0.717, 1.165) is 25.2 Å². The van der Waals surface area contributed by atoms with Crippen molar-refractivity contribution >= 4 is 17.4 Å². The van der Waals surface area contributed by atoms with Crippen LogP contribution >= 0.6 is 11.6 Å². The molecule has 0 saturated carbocycles. The van der Waals surface area contributed by atoms with Crippen molar-refractivity contribution in [3.8, 4) is 0 Å². The molecule has 1 aromatic carbocycles. The van der Waals surface area contributed by atoms with E-state index in [9.17, 15) is 4.79 Å². The second-order valence-electron chi connectivity index (χ2n) is 4.75. The molecule has 4 heteroatoms. The molecule has 0 aliphatic carbocycles. The van der Waals surface area contributed by atoms with Gasteiger partial charge < -0.3 is 5.73 Å². The second-order valence-corrected chi connectivity index (χ2v) is 5.16. The third kappa shape index (κ3) is 3.31. The predicted molar refractivity (Wildman–Crippen MR) is 74.0 cm³/mol. The van der Waals surface area contributed by atoms with Gasteiger partial charge in [0.2, 0.25) is 0 Å². The Balaban J connectivity index is 2.06. The van der Waals surface area contributed by atoms with Gasteiger partial charge in [-0.3, -0.25) is 9.69 Å². The Morgan fingerprint density at radius 3 is 2.67 bits per heavy atom. The van der Waals surface area contributed by atoms with Crippen LogP contribution in [0.2, 0.25) is 5.02 Å². The molecule has 0 atom stereocenters. The van der Waals surface area contributed by atoms with Crippen LogP contribution in [0.25, 0.3) is 0 Å². The third-order valence-corrected chi connectivity index (χ3v) is 3.69. The third-order valence-electron chi connectivity index (χ3n) is 3.34. The van der Waals surface area contributed by atoms with Gasteiger partial charge in [-0.1, -0.05) is 23.7 Å². The number of carbonyl (C=O) groups excluding carboxylic acids is 1. The van der Waals surface area contributed by atoms with Crippen molar-refractivity contribution in [3.05, 3.63) is 34.3 Å². The number of likely N-dealkylation sites (tertiary alicyclic amines) is 1. The Hall–Kier alpha value is -0.900. The van der Waals surface area contributed by atoms with Crippen LogP contribution in [0.5, 0.6) is 0 Å². The number of carbonyl (C=O) groups is 1. The molecule has 2 rings (SSSR count). The Kier molecular flexibility index (Phi) is 4.75.